The number of amides is 1. The Morgan fingerprint density at radius 3 is 2.39 bits per heavy atom. The van der Waals surface area contributed by atoms with Gasteiger partial charge in [0.15, 0.2) is 6.10 Å². The summed E-state index contributed by atoms with van der Waals surface area (Å²) in [5.41, 5.74) is -0.362. The monoisotopic (exact) mass is 253 g/mol. The van der Waals surface area contributed by atoms with Crippen LogP contribution in [-0.2, 0) is 9.53 Å². The summed E-state index contributed by atoms with van der Waals surface area (Å²) in [6, 6.07) is 3.18. The molecule has 100 valence electrons. The second-order valence-corrected chi connectivity index (χ2v) is 5.20. The van der Waals surface area contributed by atoms with Crippen LogP contribution < -0.4 is 5.32 Å². The lowest BCUT2D eigenvalue weighted by Crippen LogP contribution is -2.46. The minimum absolute atomic E-state index is 0.0999. The average Bonchev–Trinajstić information content (AvgIpc) is 2.62. The van der Waals surface area contributed by atoms with Gasteiger partial charge in [0.2, 0.25) is 5.76 Å². The van der Waals surface area contributed by atoms with Crippen molar-refractivity contribution < 1.29 is 18.7 Å². The topological polar surface area (TPSA) is 68.5 Å². The molecule has 0 aromatic carbocycles. The van der Waals surface area contributed by atoms with Gasteiger partial charge in [0.05, 0.1) is 0 Å². The van der Waals surface area contributed by atoms with E-state index >= 15 is 0 Å². The summed E-state index contributed by atoms with van der Waals surface area (Å²) >= 11 is 0. The summed E-state index contributed by atoms with van der Waals surface area (Å²) in [5, 5.41) is 2.73. The highest BCUT2D eigenvalue weighted by atomic mass is 16.6. The lowest BCUT2D eigenvalue weighted by molar-refractivity contribution is -0.130. The van der Waals surface area contributed by atoms with Gasteiger partial charge in [-0.05, 0) is 46.8 Å². The minimum Gasteiger partial charge on any atom is -0.454 e. The molecule has 18 heavy (non-hydrogen) atoms. The van der Waals surface area contributed by atoms with Crippen LogP contribution in [0.3, 0.4) is 0 Å². The van der Waals surface area contributed by atoms with E-state index in [0.717, 1.165) is 0 Å². The predicted molar refractivity (Wildman–Crippen MR) is 66.2 cm³/mol. The Bertz CT molecular complexity index is 442. The Balaban J connectivity index is 2.57. The maximum Gasteiger partial charge on any atom is 0.375 e. The number of hydrogen-bond donors (Lipinski definition) is 1. The van der Waals surface area contributed by atoms with Crippen molar-refractivity contribution in [3.05, 3.63) is 23.7 Å². The van der Waals surface area contributed by atoms with Gasteiger partial charge >= 0.3 is 5.97 Å². The van der Waals surface area contributed by atoms with Crippen molar-refractivity contribution >= 4 is 11.9 Å². The third-order valence-corrected chi connectivity index (χ3v) is 2.09. The second-order valence-electron chi connectivity index (χ2n) is 5.20. The third-order valence-electron chi connectivity index (χ3n) is 2.09. The van der Waals surface area contributed by atoms with Gasteiger partial charge < -0.3 is 14.5 Å². The van der Waals surface area contributed by atoms with Crippen molar-refractivity contribution in [3.8, 4) is 0 Å². The van der Waals surface area contributed by atoms with Crippen molar-refractivity contribution in [2.45, 2.75) is 46.3 Å². The standard InChI is InChI=1S/C13H19NO4/c1-8-6-7-10(17-8)12(16)18-9(2)11(15)14-13(3,4)5/h6-7,9H,1-5H3,(H,14,15). The molecular formula is C13H19NO4. The van der Waals surface area contributed by atoms with Gasteiger partial charge in [-0.2, -0.15) is 0 Å². The molecule has 1 aromatic rings. The number of esters is 1. The molecular weight excluding hydrogens is 234 g/mol. The van der Waals surface area contributed by atoms with Crippen molar-refractivity contribution in [3.63, 3.8) is 0 Å². The highest BCUT2D eigenvalue weighted by Crippen LogP contribution is 2.09. The van der Waals surface area contributed by atoms with E-state index < -0.39 is 12.1 Å². The maximum atomic E-state index is 11.7. The zero-order chi connectivity index (χ0) is 13.9. The minimum atomic E-state index is -0.859. The van der Waals surface area contributed by atoms with Crippen molar-refractivity contribution in [1.82, 2.24) is 5.32 Å². The fourth-order valence-corrected chi connectivity index (χ4v) is 1.29. The number of aryl methyl sites for hydroxylation is 1. The van der Waals surface area contributed by atoms with Gasteiger partial charge in [-0.15, -0.1) is 0 Å². The lowest BCUT2D eigenvalue weighted by Gasteiger charge is -2.22. The second kappa shape index (κ2) is 5.25. The SMILES string of the molecule is Cc1ccc(C(=O)OC(C)C(=O)NC(C)(C)C)o1. The molecule has 0 saturated heterocycles. The first-order chi connectivity index (χ1) is 8.19. The van der Waals surface area contributed by atoms with Gasteiger partial charge in [0.25, 0.3) is 5.91 Å². The van der Waals surface area contributed by atoms with Gasteiger partial charge in [-0.1, -0.05) is 0 Å². The van der Waals surface area contributed by atoms with Crippen LogP contribution in [-0.4, -0.2) is 23.5 Å². The van der Waals surface area contributed by atoms with Crippen LogP contribution in [0.5, 0.6) is 0 Å². The number of furan rings is 1. The van der Waals surface area contributed by atoms with Gasteiger partial charge in [0, 0.05) is 5.54 Å². The number of rotatable bonds is 3. The number of nitrogens with one attached hydrogen (secondary N) is 1. The van der Waals surface area contributed by atoms with Crippen LogP contribution in [0.2, 0.25) is 0 Å². The summed E-state index contributed by atoms with van der Waals surface area (Å²) in [4.78, 5) is 23.4. The van der Waals surface area contributed by atoms with E-state index in [-0.39, 0.29) is 17.2 Å². The van der Waals surface area contributed by atoms with Crippen molar-refractivity contribution in [1.29, 1.82) is 0 Å². The number of hydrogen-bond acceptors (Lipinski definition) is 4. The quantitative estimate of drug-likeness (QED) is 0.837. The van der Waals surface area contributed by atoms with E-state index in [1.807, 2.05) is 20.8 Å². The van der Waals surface area contributed by atoms with Crippen LogP contribution in [0.1, 0.15) is 44.0 Å². The summed E-state index contributed by atoms with van der Waals surface area (Å²) in [7, 11) is 0. The van der Waals surface area contributed by atoms with Gasteiger partial charge in [-0.25, -0.2) is 4.79 Å². The third kappa shape index (κ3) is 4.24. The zero-order valence-electron chi connectivity index (χ0n) is 11.4. The summed E-state index contributed by atoms with van der Waals surface area (Å²) < 4.78 is 10.1. The molecule has 0 aliphatic rings. The van der Waals surface area contributed by atoms with Crippen LogP contribution in [0, 0.1) is 6.92 Å². The van der Waals surface area contributed by atoms with E-state index in [1.165, 1.54) is 13.0 Å². The zero-order valence-corrected chi connectivity index (χ0v) is 11.4. The Morgan fingerprint density at radius 1 is 1.33 bits per heavy atom. The van der Waals surface area contributed by atoms with E-state index in [4.69, 9.17) is 9.15 Å². The summed E-state index contributed by atoms with van der Waals surface area (Å²) in [6.45, 7) is 8.82. The van der Waals surface area contributed by atoms with E-state index in [9.17, 15) is 9.59 Å². The maximum absolute atomic E-state index is 11.7. The van der Waals surface area contributed by atoms with E-state index in [0.29, 0.717) is 5.76 Å². The highest BCUT2D eigenvalue weighted by molar-refractivity contribution is 5.90. The number of carbonyl (C=O) groups excluding carboxylic acids is 2. The smallest absolute Gasteiger partial charge is 0.375 e. The normalized spacial score (nSPS) is 12.9. The molecule has 0 bridgehead atoms. The molecule has 5 heteroatoms. The van der Waals surface area contributed by atoms with E-state index in [2.05, 4.69) is 5.32 Å². The molecule has 1 unspecified atom stereocenters. The highest BCUT2D eigenvalue weighted by Gasteiger charge is 2.23. The van der Waals surface area contributed by atoms with Gasteiger partial charge in [-0.3, -0.25) is 4.79 Å². The molecule has 1 N–H and O–H groups in total. The molecule has 0 radical (unpaired) electrons. The lowest BCUT2D eigenvalue weighted by atomic mass is 10.1. The molecule has 0 saturated carbocycles. The fourth-order valence-electron chi connectivity index (χ4n) is 1.29. The van der Waals surface area contributed by atoms with Crippen molar-refractivity contribution in [2.75, 3.05) is 0 Å². The largest absolute Gasteiger partial charge is 0.454 e. The molecule has 1 atom stereocenters. The number of carbonyl (C=O) groups is 2. The molecule has 1 amide bonds. The Kier molecular flexibility index (Phi) is 4.16. The number of ether oxygens (including phenoxy) is 1. The average molecular weight is 253 g/mol. The molecule has 1 heterocycles. The Labute approximate surface area is 106 Å². The van der Waals surface area contributed by atoms with E-state index in [1.54, 1.807) is 13.0 Å². The fraction of sp³-hybridized carbons (Fsp3) is 0.538. The molecule has 0 fully saturated rings. The first-order valence-corrected chi connectivity index (χ1v) is 5.78. The van der Waals surface area contributed by atoms with Crippen molar-refractivity contribution in [2.24, 2.45) is 0 Å². The molecule has 0 aliphatic carbocycles. The van der Waals surface area contributed by atoms with Crippen LogP contribution >= 0.6 is 0 Å². The Hall–Kier alpha value is -1.78. The predicted octanol–water partition coefficient (Wildman–Crippen LogP) is 2.05. The molecule has 0 spiro atoms. The summed E-state index contributed by atoms with van der Waals surface area (Å²) in [6.07, 6.45) is -0.859. The molecule has 5 nitrogen and oxygen atoms in total. The first-order valence-electron chi connectivity index (χ1n) is 5.78. The molecule has 1 rings (SSSR count). The van der Waals surface area contributed by atoms with Crippen LogP contribution in [0.15, 0.2) is 16.5 Å². The Morgan fingerprint density at radius 2 is 1.94 bits per heavy atom. The molecule has 0 aliphatic heterocycles. The van der Waals surface area contributed by atoms with Crippen LogP contribution in [0.25, 0.3) is 0 Å². The first kappa shape index (κ1) is 14.3. The van der Waals surface area contributed by atoms with Crippen LogP contribution in [0.4, 0.5) is 0 Å². The van der Waals surface area contributed by atoms with Gasteiger partial charge in [0.1, 0.15) is 5.76 Å². The molecule has 1 aromatic heterocycles. The summed E-state index contributed by atoms with van der Waals surface area (Å²) in [5.74, 6) is -0.254.